The van der Waals surface area contributed by atoms with Gasteiger partial charge in [-0.25, -0.2) is 9.48 Å². The largest absolute Gasteiger partial charge is 0.461 e. The van der Waals surface area contributed by atoms with Gasteiger partial charge >= 0.3 is 5.97 Å². The second-order valence-electron chi connectivity index (χ2n) is 3.75. The molecule has 0 saturated heterocycles. The van der Waals surface area contributed by atoms with Crippen LogP contribution < -0.4 is 0 Å². The monoisotopic (exact) mass is 241 g/mol. The maximum absolute atomic E-state index is 11.5. The summed E-state index contributed by atoms with van der Waals surface area (Å²) in [5, 5.41) is 16.4. The summed E-state index contributed by atoms with van der Waals surface area (Å²) in [6, 6.07) is 0. The van der Waals surface area contributed by atoms with Gasteiger partial charge in [-0.2, -0.15) is 0 Å². The molecule has 0 saturated carbocycles. The van der Waals surface area contributed by atoms with E-state index in [9.17, 15) is 4.79 Å². The normalized spacial score (nSPS) is 10.5. The highest BCUT2D eigenvalue weighted by molar-refractivity contribution is 5.88. The maximum Gasteiger partial charge on any atom is 0.360 e. The van der Waals surface area contributed by atoms with Crippen LogP contribution in [0.4, 0.5) is 0 Å². The van der Waals surface area contributed by atoms with Gasteiger partial charge in [0.25, 0.3) is 0 Å². The molecule has 1 aromatic rings. The number of rotatable bonds is 7. The van der Waals surface area contributed by atoms with Crippen LogP contribution in [0.1, 0.15) is 42.4 Å². The predicted octanol–water partition coefficient (Wildman–Crippen LogP) is 0.926. The molecule has 0 radical (unpaired) electrons. The van der Waals surface area contributed by atoms with E-state index in [0.29, 0.717) is 13.2 Å². The molecule has 1 aromatic heterocycles. The molecular weight excluding hydrogens is 222 g/mol. The Morgan fingerprint density at radius 3 is 2.82 bits per heavy atom. The molecule has 1 heterocycles. The number of aliphatic hydroxyl groups is 1. The number of aryl methyl sites for hydroxylation is 1. The van der Waals surface area contributed by atoms with Crippen LogP contribution in [-0.4, -0.2) is 39.3 Å². The van der Waals surface area contributed by atoms with Crippen molar-refractivity contribution in [3.63, 3.8) is 0 Å². The van der Waals surface area contributed by atoms with Crippen molar-refractivity contribution in [1.29, 1.82) is 0 Å². The fourth-order valence-corrected chi connectivity index (χ4v) is 1.51. The molecule has 17 heavy (non-hydrogen) atoms. The van der Waals surface area contributed by atoms with Gasteiger partial charge in [0.2, 0.25) is 0 Å². The molecule has 96 valence electrons. The molecule has 0 aliphatic carbocycles. The lowest BCUT2D eigenvalue weighted by atomic mass is 10.2. The predicted molar refractivity (Wildman–Crippen MR) is 61.7 cm³/mol. The minimum atomic E-state index is -0.424. The van der Waals surface area contributed by atoms with Crippen molar-refractivity contribution in [2.75, 3.05) is 13.2 Å². The quantitative estimate of drug-likeness (QED) is 0.567. The van der Waals surface area contributed by atoms with Crippen LogP contribution in [0.5, 0.6) is 0 Å². The number of carbonyl (C=O) groups is 1. The van der Waals surface area contributed by atoms with Crippen LogP contribution in [0.15, 0.2) is 0 Å². The van der Waals surface area contributed by atoms with E-state index in [-0.39, 0.29) is 12.3 Å². The van der Waals surface area contributed by atoms with Crippen LogP contribution in [0.3, 0.4) is 0 Å². The average molecular weight is 241 g/mol. The number of ether oxygens (including phenoxy) is 1. The summed E-state index contributed by atoms with van der Waals surface area (Å²) < 4.78 is 6.58. The fourth-order valence-electron chi connectivity index (χ4n) is 1.51. The van der Waals surface area contributed by atoms with Crippen molar-refractivity contribution in [1.82, 2.24) is 15.0 Å². The molecule has 0 amide bonds. The van der Waals surface area contributed by atoms with Gasteiger partial charge in [-0.1, -0.05) is 5.21 Å². The van der Waals surface area contributed by atoms with Gasteiger partial charge in [0.15, 0.2) is 5.69 Å². The van der Waals surface area contributed by atoms with Gasteiger partial charge in [-0.3, -0.25) is 0 Å². The standard InChI is InChI=1S/C11H19N3O3/c1-3-17-11(16)10-9(2)14(13-12-10)7-5-4-6-8-15/h15H,3-8H2,1-2H3. The zero-order valence-corrected chi connectivity index (χ0v) is 10.3. The Balaban J connectivity index is 2.54. The molecule has 0 fully saturated rings. The van der Waals surface area contributed by atoms with E-state index < -0.39 is 5.97 Å². The number of unbranched alkanes of at least 4 members (excludes halogenated alkanes) is 2. The van der Waals surface area contributed by atoms with Crippen LogP contribution in [0, 0.1) is 6.92 Å². The highest BCUT2D eigenvalue weighted by Crippen LogP contribution is 2.07. The lowest BCUT2D eigenvalue weighted by Gasteiger charge is -2.03. The Morgan fingerprint density at radius 2 is 2.18 bits per heavy atom. The number of hydrogen-bond donors (Lipinski definition) is 1. The topological polar surface area (TPSA) is 77.2 Å². The van der Waals surface area contributed by atoms with Crippen LogP contribution in [0.2, 0.25) is 0 Å². The van der Waals surface area contributed by atoms with E-state index in [4.69, 9.17) is 9.84 Å². The summed E-state index contributed by atoms with van der Waals surface area (Å²) >= 11 is 0. The number of aromatic nitrogens is 3. The van der Waals surface area contributed by atoms with Gasteiger partial charge in [0, 0.05) is 13.2 Å². The van der Waals surface area contributed by atoms with Gasteiger partial charge < -0.3 is 9.84 Å². The fraction of sp³-hybridized carbons (Fsp3) is 0.727. The highest BCUT2D eigenvalue weighted by atomic mass is 16.5. The molecule has 6 nitrogen and oxygen atoms in total. The molecular formula is C11H19N3O3. The first-order chi connectivity index (χ1) is 8.20. The first-order valence-electron chi connectivity index (χ1n) is 5.88. The summed E-state index contributed by atoms with van der Waals surface area (Å²) in [4.78, 5) is 11.5. The van der Waals surface area contributed by atoms with Gasteiger partial charge in [0.05, 0.1) is 12.3 Å². The molecule has 0 atom stereocenters. The zero-order chi connectivity index (χ0) is 12.7. The van der Waals surface area contributed by atoms with Gasteiger partial charge in [-0.15, -0.1) is 5.10 Å². The van der Waals surface area contributed by atoms with Crippen molar-refractivity contribution in [2.24, 2.45) is 0 Å². The summed E-state index contributed by atoms with van der Waals surface area (Å²) in [6.07, 6.45) is 2.63. The Labute approximate surface area is 101 Å². The molecule has 1 rings (SSSR count). The smallest absolute Gasteiger partial charge is 0.360 e. The molecule has 0 aromatic carbocycles. The number of nitrogens with zero attached hydrogens (tertiary/aromatic N) is 3. The zero-order valence-electron chi connectivity index (χ0n) is 10.3. The third kappa shape index (κ3) is 3.81. The SMILES string of the molecule is CCOC(=O)c1nnn(CCCCCO)c1C. The summed E-state index contributed by atoms with van der Waals surface area (Å²) in [6.45, 7) is 4.81. The summed E-state index contributed by atoms with van der Waals surface area (Å²) in [5.41, 5.74) is 1.02. The van der Waals surface area contributed by atoms with Crippen LogP contribution in [-0.2, 0) is 11.3 Å². The van der Waals surface area contributed by atoms with Crippen molar-refractivity contribution in [3.8, 4) is 0 Å². The molecule has 6 heteroatoms. The second-order valence-corrected chi connectivity index (χ2v) is 3.75. The Bertz CT molecular complexity index is 363. The minimum absolute atomic E-state index is 0.213. The van der Waals surface area contributed by atoms with E-state index in [1.54, 1.807) is 18.5 Å². The van der Waals surface area contributed by atoms with Crippen LogP contribution >= 0.6 is 0 Å². The third-order valence-corrected chi connectivity index (χ3v) is 2.48. The Hall–Kier alpha value is -1.43. The van der Waals surface area contributed by atoms with Gasteiger partial charge in [0.1, 0.15) is 0 Å². The molecule has 0 aliphatic heterocycles. The summed E-state index contributed by atoms with van der Waals surface area (Å²) in [5.74, 6) is -0.424. The van der Waals surface area contributed by atoms with Crippen molar-refractivity contribution in [3.05, 3.63) is 11.4 Å². The van der Waals surface area contributed by atoms with E-state index in [1.165, 1.54) is 0 Å². The van der Waals surface area contributed by atoms with E-state index in [1.807, 2.05) is 0 Å². The Kier molecular flexibility index (Phi) is 5.62. The second kappa shape index (κ2) is 7.01. The molecule has 0 aliphatic rings. The number of hydrogen-bond acceptors (Lipinski definition) is 5. The molecule has 0 spiro atoms. The number of carbonyl (C=O) groups excluding carboxylic acids is 1. The maximum atomic E-state index is 11.5. The van der Waals surface area contributed by atoms with Gasteiger partial charge in [-0.05, 0) is 33.1 Å². The first-order valence-corrected chi connectivity index (χ1v) is 5.88. The summed E-state index contributed by atoms with van der Waals surface area (Å²) in [7, 11) is 0. The van der Waals surface area contributed by atoms with E-state index >= 15 is 0 Å². The molecule has 0 unspecified atom stereocenters. The molecule has 1 N–H and O–H groups in total. The van der Waals surface area contributed by atoms with Crippen LogP contribution in [0.25, 0.3) is 0 Å². The van der Waals surface area contributed by atoms with Crippen molar-refractivity contribution < 1.29 is 14.6 Å². The highest BCUT2D eigenvalue weighted by Gasteiger charge is 2.16. The lowest BCUT2D eigenvalue weighted by Crippen LogP contribution is -2.08. The number of esters is 1. The van der Waals surface area contributed by atoms with Crippen molar-refractivity contribution >= 4 is 5.97 Å². The Morgan fingerprint density at radius 1 is 1.41 bits per heavy atom. The minimum Gasteiger partial charge on any atom is -0.461 e. The van der Waals surface area contributed by atoms with Crippen molar-refractivity contribution in [2.45, 2.75) is 39.7 Å². The van der Waals surface area contributed by atoms with E-state index in [0.717, 1.165) is 25.0 Å². The lowest BCUT2D eigenvalue weighted by molar-refractivity contribution is 0.0518. The third-order valence-electron chi connectivity index (χ3n) is 2.48. The molecule has 0 bridgehead atoms. The number of aliphatic hydroxyl groups excluding tert-OH is 1. The van der Waals surface area contributed by atoms with E-state index in [2.05, 4.69) is 10.3 Å². The first kappa shape index (κ1) is 13.6. The average Bonchev–Trinajstić information content (AvgIpc) is 2.67.